The molecule has 0 aromatic heterocycles. The summed E-state index contributed by atoms with van der Waals surface area (Å²) in [6.45, 7) is 0. The summed E-state index contributed by atoms with van der Waals surface area (Å²) in [7, 11) is 4.62. The Morgan fingerprint density at radius 3 is 2.67 bits per heavy atom. The molecular weight excluding hydrogens is 232 g/mol. The Kier molecular flexibility index (Phi) is 5.00. The number of nitrogens with one attached hydrogen (secondary N) is 1. The van der Waals surface area contributed by atoms with E-state index in [1.807, 2.05) is 0 Å². The van der Waals surface area contributed by atoms with Crippen LogP contribution >= 0.6 is 0 Å². The van der Waals surface area contributed by atoms with Crippen molar-refractivity contribution < 1.29 is 14.3 Å². The number of rotatable bonds is 5. The van der Waals surface area contributed by atoms with Gasteiger partial charge < -0.3 is 14.8 Å². The van der Waals surface area contributed by atoms with Gasteiger partial charge in [0.1, 0.15) is 11.5 Å². The van der Waals surface area contributed by atoms with Crippen molar-refractivity contribution in [3.05, 3.63) is 23.8 Å². The lowest BCUT2D eigenvalue weighted by Gasteiger charge is -2.14. The first-order chi connectivity index (χ1) is 8.65. The van der Waals surface area contributed by atoms with E-state index >= 15 is 0 Å². The SMILES string of the molecule is CNC(=O)CC(C#N)c1cc(OC)ccc1OC. The molecule has 5 heteroatoms. The first kappa shape index (κ1) is 13.8. The predicted molar refractivity (Wildman–Crippen MR) is 66.6 cm³/mol. The number of carbonyl (C=O) groups excluding carboxylic acids is 1. The maximum absolute atomic E-state index is 11.4. The molecule has 0 fully saturated rings. The Balaban J connectivity index is 3.10. The van der Waals surface area contributed by atoms with Crippen LogP contribution in [-0.2, 0) is 4.79 Å². The molecule has 1 aromatic carbocycles. The summed E-state index contributed by atoms with van der Waals surface area (Å²) in [6.07, 6.45) is 0.0938. The molecule has 96 valence electrons. The van der Waals surface area contributed by atoms with Crippen molar-refractivity contribution in [1.29, 1.82) is 5.26 Å². The molecule has 1 rings (SSSR count). The highest BCUT2D eigenvalue weighted by atomic mass is 16.5. The van der Waals surface area contributed by atoms with Gasteiger partial charge in [0.05, 0.1) is 26.2 Å². The Morgan fingerprint density at radius 1 is 1.44 bits per heavy atom. The first-order valence-corrected chi connectivity index (χ1v) is 5.48. The lowest BCUT2D eigenvalue weighted by atomic mass is 9.95. The minimum absolute atomic E-state index is 0.0938. The molecule has 0 saturated heterocycles. The molecule has 0 spiro atoms. The van der Waals surface area contributed by atoms with Gasteiger partial charge in [0, 0.05) is 19.0 Å². The molecule has 5 nitrogen and oxygen atoms in total. The number of ether oxygens (including phenoxy) is 2. The average molecular weight is 248 g/mol. The van der Waals surface area contributed by atoms with Crippen LogP contribution in [0.2, 0.25) is 0 Å². The molecule has 0 aliphatic rings. The van der Waals surface area contributed by atoms with E-state index in [1.54, 1.807) is 32.4 Å². The summed E-state index contributed by atoms with van der Waals surface area (Å²) in [5, 5.41) is 11.7. The average Bonchev–Trinajstić information content (AvgIpc) is 2.43. The second kappa shape index (κ2) is 6.50. The summed E-state index contributed by atoms with van der Waals surface area (Å²) < 4.78 is 10.3. The predicted octanol–water partition coefficient (Wildman–Crippen LogP) is 1.45. The molecule has 0 aliphatic carbocycles. The third-order valence-electron chi connectivity index (χ3n) is 2.64. The van der Waals surface area contributed by atoms with Gasteiger partial charge in [-0.1, -0.05) is 0 Å². The first-order valence-electron chi connectivity index (χ1n) is 5.48. The standard InChI is InChI=1S/C13H16N2O3/c1-15-13(16)6-9(8-14)11-7-10(17-2)4-5-12(11)18-3/h4-5,7,9H,6H2,1-3H3,(H,15,16). The molecule has 0 aliphatic heterocycles. The highest BCUT2D eigenvalue weighted by Gasteiger charge is 2.19. The van der Waals surface area contributed by atoms with E-state index in [9.17, 15) is 10.1 Å². The highest BCUT2D eigenvalue weighted by molar-refractivity contribution is 5.77. The highest BCUT2D eigenvalue weighted by Crippen LogP contribution is 2.32. The van der Waals surface area contributed by atoms with E-state index in [4.69, 9.17) is 9.47 Å². The van der Waals surface area contributed by atoms with Gasteiger partial charge in [-0.3, -0.25) is 4.79 Å². The molecule has 1 aromatic rings. The number of nitriles is 1. The van der Waals surface area contributed by atoms with Crippen LogP contribution in [0.1, 0.15) is 17.9 Å². The second-order valence-electron chi connectivity index (χ2n) is 3.67. The summed E-state index contributed by atoms with van der Waals surface area (Å²) in [5.74, 6) is 0.454. The van der Waals surface area contributed by atoms with Crippen LogP contribution in [-0.4, -0.2) is 27.2 Å². The second-order valence-corrected chi connectivity index (χ2v) is 3.67. The third-order valence-corrected chi connectivity index (χ3v) is 2.64. The molecule has 18 heavy (non-hydrogen) atoms. The number of hydrogen-bond acceptors (Lipinski definition) is 4. The number of benzene rings is 1. The number of carbonyl (C=O) groups is 1. The van der Waals surface area contributed by atoms with E-state index in [0.717, 1.165) is 0 Å². The lowest BCUT2D eigenvalue weighted by Crippen LogP contribution is -2.20. The van der Waals surface area contributed by atoms with Crippen molar-refractivity contribution in [2.24, 2.45) is 0 Å². The molecule has 0 heterocycles. The zero-order valence-electron chi connectivity index (χ0n) is 10.7. The number of nitrogens with zero attached hydrogens (tertiary/aromatic N) is 1. The van der Waals surface area contributed by atoms with Crippen molar-refractivity contribution in [1.82, 2.24) is 5.32 Å². The topological polar surface area (TPSA) is 71.4 Å². The fraction of sp³-hybridized carbons (Fsp3) is 0.385. The van der Waals surface area contributed by atoms with Crippen molar-refractivity contribution in [2.75, 3.05) is 21.3 Å². The van der Waals surface area contributed by atoms with Gasteiger partial charge in [-0.15, -0.1) is 0 Å². The molecule has 1 amide bonds. The smallest absolute Gasteiger partial charge is 0.221 e. The number of amides is 1. The van der Waals surface area contributed by atoms with Gasteiger partial charge in [-0.2, -0.15) is 5.26 Å². The van der Waals surface area contributed by atoms with Crippen LogP contribution in [0.3, 0.4) is 0 Å². The molecular formula is C13H16N2O3. The molecule has 1 atom stereocenters. The van der Waals surface area contributed by atoms with Crippen LogP contribution in [0, 0.1) is 11.3 Å². The lowest BCUT2D eigenvalue weighted by molar-refractivity contribution is -0.120. The zero-order valence-corrected chi connectivity index (χ0v) is 10.7. The number of methoxy groups -OCH3 is 2. The van der Waals surface area contributed by atoms with Crippen LogP contribution < -0.4 is 14.8 Å². The summed E-state index contributed by atoms with van der Waals surface area (Å²) in [6, 6.07) is 7.30. The zero-order chi connectivity index (χ0) is 13.5. The van der Waals surface area contributed by atoms with Crippen LogP contribution in [0.5, 0.6) is 11.5 Å². The third kappa shape index (κ3) is 3.14. The van der Waals surface area contributed by atoms with Gasteiger partial charge in [0.15, 0.2) is 0 Å². The summed E-state index contributed by atoms with van der Waals surface area (Å²) in [5.41, 5.74) is 0.656. The minimum atomic E-state index is -0.560. The van der Waals surface area contributed by atoms with Gasteiger partial charge in [-0.25, -0.2) is 0 Å². The van der Waals surface area contributed by atoms with E-state index < -0.39 is 5.92 Å². The molecule has 1 N–H and O–H groups in total. The normalized spacial score (nSPS) is 11.2. The quantitative estimate of drug-likeness (QED) is 0.856. The molecule has 1 unspecified atom stereocenters. The van der Waals surface area contributed by atoms with E-state index in [-0.39, 0.29) is 12.3 Å². The van der Waals surface area contributed by atoms with Crippen LogP contribution in [0.4, 0.5) is 0 Å². The maximum atomic E-state index is 11.4. The molecule has 0 radical (unpaired) electrons. The monoisotopic (exact) mass is 248 g/mol. The fourth-order valence-electron chi connectivity index (χ4n) is 1.62. The van der Waals surface area contributed by atoms with Gasteiger partial charge in [0.25, 0.3) is 0 Å². The van der Waals surface area contributed by atoms with Gasteiger partial charge >= 0.3 is 0 Å². The Bertz CT molecular complexity index is 466. The van der Waals surface area contributed by atoms with Crippen molar-refractivity contribution in [2.45, 2.75) is 12.3 Å². The Hall–Kier alpha value is -2.22. The van der Waals surface area contributed by atoms with Crippen LogP contribution in [0.25, 0.3) is 0 Å². The van der Waals surface area contributed by atoms with Gasteiger partial charge in [0.2, 0.25) is 5.91 Å². The largest absolute Gasteiger partial charge is 0.497 e. The minimum Gasteiger partial charge on any atom is -0.497 e. The number of hydrogen-bond donors (Lipinski definition) is 1. The van der Waals surface area contributed by atoms with E-state index in [2.05, 4.69) is 11.4 Å². The maximum Gasteiger partial charge on any atom is 0.221 e. The molecule has 0 saturated carbocycles. The Morgan fingerprint density at radius 2 is 2.17 bits per heavy atom. The van der Waals surface area contributed by atoms with Gasteiger partial charge in [-0.05, 0) is 18.2 Å². The molecule has 0 bridgehead atoms. The van der Waals surface area contributed by atoms with Crippen LogP contribution in [0.15, 0.2) is 18.2 Å². The fourth-order valence-corrected chi connectivity index (χ4v) is 1.62. The summed E-state index contributed by atoms with van der Waals surface area (Å²) in [4.78, 5) is 11.4. The Labute approximate surface area is 106 Å². The van der Waals surface area contributed by atoms with Crippen molar-refractivity contribution in [3.63, 3.8) is 0 Å². The van der Waals surface area contributed by atoms with Crippen molar-refractivity contribution in [3.8, 4) is 17.6 Å². The summed E-state index contributed by atoms with van der Waals surface area (Å²) >= 11 is 0. The van der Waals surface area contributed by atoms with Crippen molar-refractivity contribution >= 4 is 5.91 Å². The van der Waals surface area contributed by atoms with E-state index in [0.29, 0.717) is 17.1 Å². The van der Waals surface area contributed by atoms with E-state index in [1.165, 1.54) is 7.11 Å².